The van der Waals surface area contributed by atoms with Gasteiger partial charge in [-0.15, -0.1) is 0 Å². The van der Waals surface area contributed by atoms with E-state index in [1.54, 1.807) is 18.6 Å². The minimum atomic E-state index is 0.0192. The lowest BCUT2D eigenvalue weighted by molar-refractivity contribution is 0.0336. The maximum absolute atomic E-state index is 12.8. The first-order valence-corrected chi connectivity index (χ1v) is 10.3. The van der Waals surface area contributed by atoms with Crippen molar-refractivity contribution >= 4 is 28.8 Å². The van der Waals surface area contributed by atoms with Gasteiger partial charge in [-0.05, 0) is 48.0 Å². The Bertz CT molecular complexity index is 987. The van der Waals surface area contributed by atoms with E-state index < -0.39 is 0 Å². The van der Waals surface area contributed by atoms with Gasteiger partial charge >= 0.3 is 0 Å². The molecule has 0 unspecified atom stereocenters. The number of benzene rings is 1. The van der Waals surface area contributed by atoms with Crippen LogP contribution in [0.2, 0.25) is 5.02 Å². The molecule has 0 spiro atoms. The molecule has 154 valence electrons. The van der Waals surface area contributed by atoms with Crippen LogP contribution in [0.25, 0.3) is 0 Å². The summed E-state index contributed by atoms with van der Waals surface area (Å²) < 4.78 is 5.37. The summed E-state index contributed by atoms with van der Waals surface area (Å²) in [5, 5.41) is 3.98. The van der Waals surface area contributed by atoms with Crippen molar-refractivity contribution in [3.63, 3.8) is 0 Å². The van der Waals surface area contributed by atoms with Crippen LogP contribution in [0.3, 0.4) is 0 Å². The van der Waals surface area contributed by atoms with Gasteiger partial charge in [0.25, 0.3) is 0 Å². The quantitative estimate of drug-likeness (QED) is 0.577. The summed E-state index contributed by atoms with van der Waals surface area (Å²) in [5.41, 5.74) is 4.13. The molecule has 0 aliphatic carbocycles. The summed E-state index contributed by atoms with van der Waals surface area (Å²) in [6, 6.07) is 13.1. The van der Waals surface area contributed by atoms with Crippen molar-refractivity contribution in [2.24, 2.45) is 0 Å². The van der Waals surface area contributed by atoms with Crippen molar-refractivity contribution in [3.8, 4) is 0 Å². The smallest absolute Gasteiger partial charge is 0.168 e. The highest BCUT2D eigenvalue weighted by Crippen LogP contribution is 2.23. The SMILES string of the molecule is O=C(Cc1ccncc1Nc1ccc(Cl)cc1)c1ccc(CN2CCOCC2)nc1. The number of aromatic nitrogens is 2. The van der Waals surface area contributed by atoms with Crippen LogP contribution in [-0.2, 0) is 17.7 Å². The Morgan fingerprint density at radius 3 is 2.60 bits per heavy atom. The predicted octanol–water partition coefficient (Wildman–Crippen LogP) is 4.13. The third-order valence-electron chi connectivity index (χ3n) is 5.02. The van der Waals surface area contributed by atoms with Crippen molar-refractivity contribution in [1.29, 1.82) is 0 Å². The van der Waals surface area contributed by atoms with Gasteiger partial charge < -0.3 is 10.1 Å². The lowest BCUT2D eigenvalue weighted by Crippen LogP contribution is -2.35. The van der Waals surface area contributed by atoms with E-state index in [4.69, 9.17) is 16.3 Å². The molecule has 4 rings (SSSR count). The minimum Gasteiger partial charge on any atom is -0.379 e. The minimum absolute atomic E-state index is 0.0192. The van der Waals surface area contributed by atoms with Gasteiger partial charge in [-0.25, -0.2) is 0 Å². The third kappa shape index (κ3) is 5.42. The Labute approximate surface area is 180 Å². The number of carbonyl (C=O) groups is 1. The second kappa shape index (κ2) is 9.80. The van der Waals surface area contributed by atoms with Gasteiger partial charge in [0.1, 0.15) is 0 Å². The van der Waals surface area contributed by atoms with Gasteiger partial charge in [0.15, 0.2) is 5.78 Å². The normalized spacial score (nSPS) is 14.4. The highest BCUT2D eigenvalue weighted by Gasteiger charge is 2.14. The van der Waals surface area contributed by atoms with Crippen LogP contribution in [0.4, 0.5) is 11.4 Å². The summed E-state index contributed by atoms with van der Waals surface area (Å²) in [4.78, 5) is 23.8. The molecule has 7 heteroatoms. The number of hydrogen-bond acceptors (Lipinski definition) is 6. The average molecular weight is 423 g/mol. The Morgan fingerprint density at radius 1 is 1.07 bits per heavy atom. The number of halogens is 1. The Hall–Kier alpha value is -2.80. The van der Waals surface area contributed by atoms with Crippen molar-refractivity contribution in [2.45, 2.75) is 13.0 Å². The molecule has 1 aliphatic heterocycles. The van der Waals surface area contributed by atoms with E-state index in [1.807, 2.05) is 42.5 Å². The number of rotatable bonds is 7. The predicted molar refractivity (Wildman–Crippen MR) is 117 cm³/mol. The van der Waals surface area contributed by atoms with Crippen LogP contribution >= 0.6 is 11.6 Å². The van der Waals surface area contributed by atoms with Gasteiger partial charge in [0.2, 0.25) is 0 Å². The standard InChI is InChI=1S/C23H23ClN4O2/c24-19-2-5-20(6-3-19)27-22-15-25-8-7-17(22)13-23(29)18-1-4-21(26-14-18)16-28-9-11-30-12-10-28/h1-8,14-15,27H,9-13,16H2. The van der Waals surface area contributed by atoms with Gasteiger partial charge in [-0.1, -0.05) is 11.6 Å². The van der Waals surface area contributed by atoms with Crippen LogP contribution in [0, 0.1) is 0 Å². The first-order chi connectivity index (χ1) is 14.7. The number of nitrogens with one attached hydrogen (secondary N) is 1. The van der Waals surface area contributed by atoms with Crippen LogP contribution in [0.5, 0.6) is 0 Å². The second-order valence-electron chi connectivity index (χ2n) is 7.19. The van der Waals surface area contributed by atoms with E-state index in [9.17, 15) is 4.79 Å². The molecule has 3 aromatic rings. The molecule has 1 aliphatic rings. The molecule has 1 saturated heterocycles. The van der Waals surface area contributed by atoms with E-state index in [0.717, 1.165) is 55.5 Å². The summed E-state index contributed by atoms with van der Waals surface area (Å²) in [7, 11) is 0. The topological polar surface area (TPSA) is 67.4 Å². The van der Waals surface area contributed by atoms with Gasteiger partial charge in [0, 0.05) is 54.7 Å². The average Bonchev–Trinajstić information content (AvgIpc) is 2.78. The highest BCUT2D eigenvalue weighted by atomic mass is 35.5. The van der Waals surface area contributed by atoms with Crippen LogP contribution in [0.1, 0.15) is 21.6 Å². The van der Waals surface area contributed by atoms with E-state index in [0.29, 0.717) is 10.6 Å². The second-order valence-corrected chi connectivity index (χ2v) is 7.63. The fourth-order valence-corrected chi connectivity index (χ4v) is 3.45. The lowest BCUT2D eigenvalue weighted by Gasteiger charge is -2.26. The number of carbonyl (C=O) groups excluding carboxylic acids is 1. The molecule has 0 atom stereocenters. The summed E-state index contributed by atoms with van der Waals surface area (Å²) >= 11 is 5.95. The molecule has 1 N–H and O–H groups in total. The Kier molecular flexibility index (Phi) is 6.69. The van der Waals surface area contributed by atoms with Gasteiger partial charge in [-0.2, -0.15) is 0 Å². The number of nitrogens with zero attached hydrogens (tertiary/aromatic N) is 3. The lowest BCUT2D eigenvalue weighted by atomic mass is 10.0. The van der Waals surface area contributed by atoms with Crippen LogP contribution in [0.15, 0.2) is 61.1 Å². The van der Waals surface area contributed by atoms with Crippen molar-refractivity contribution in [3.05, 3.63) is 82.9 Å². The first-order valence-electron chi connectivity index (χ1n) is 9.91. The van der Waals surface area contributed by atoms with Crippen LogP contribution in [-0.4, -0.2) is 47.0 Å². The molecule has 2 aromatic heterocycles. The molecular formula is C23H23ClN4O2. The molecule has 0 bridgehead atoms. The van der Waals surface area contributed by atoms with Crippen molar-refractivity contribution < 1.29 is 9.53 Å². The molecule has 3 heterocycles. The number of pyridine rings is 2. The molecule has 1 fully saturated rings. The number of ether oxygens (including phenoxy) is 1. The van der Waals surface area contributed by atoms with E-state index in [1.165, 1.54) is 0 Å². The molecule has 0 amide bonds. The summed E-state index contributed by atoms with van der Waals surface area (Å²) in [6.07, 6.45) is 5.36. The molecule has 30 heavy (non-hydrogen) atoms. The Balaban J connectivity index is 1.41. The highest BCUT2D eigenvalue weighted by molar-refractivity contribution is 6.30. The van der Waals surface area contributed by atoms with E-state index in [-0.39, 0.29) is 12.2 Å². The van der Waals surface area contributed by atoms with Crippen molar-refractivity contribution in [1.82, 2.24) is 14.9 Å². The molecule has 0 saturated carbocycles. The largest absolute Gasteiger partial charge is 0.379 e. The number of Topliss-reactive ketones (excluding diaryl/α,β-unsaturated/α-hetero) is 1. The first kappa shape index (κ1) is 20.5. The number of ketones is 1. The Morgan fingerprint density at radius 2 is 1.87 bits per heavy atom. The third-order valence-corrected chi connectivity index (χ3v) is 5.27. The zero-order valence-electron chi connectivity index (χ0n) is 16.6. The number of anilines is 2. The maximum atomic E-state index is 12.8. The number of hydrogen-bond donors (Lipinski definition) is 1. The van der Waals surface area contributed by atoms with Crippen molar-refractivity contribution in [2.75, 3.05) is 31.6 Å². The summed E-state index contributed by atoms with van der Waals surface area (Å²) in [5.74, 6) is 0.0192. The molecule has 0 radical (unpaired) electrons. The fourth-order valence-electron chi connectivity index (χ4n) is 3.33. The molecular weight excluding hydrogens is 400 g/mol. The molecule has 6 nitrogen and oxygen atoms in total. The van der Waals surface area contributed by atoms with Gasteiger partial charge in [-0.3, -0.25) is 19.7 Å². The zero-order chi connectivity index (χ0) is 20.8. The summed E-state index contributed by atoms with van der Waals surface area (Å²) in [6.45, 7) is 4.11. The number of morpholine rings is 1. The van der Waals surface area contributed by atoms with E-state index >= 15 is 0 Å². The van der Waals surface area contributed by atoms with Gasteiger partial charge in [0.05, 0.1) is 30.8 Å². The van der Waals surface area contributed by atoms with Crippen LogP contribution < -0.4 is 5.32 Å². The monoisotopic (exact) mass is 422 g/mol. The maximum Gasteiger partial charge on any atom is 0.168 e. The molecule has 1 aromatic carbocycles. The zero-order valence-corrected chi connectivity index (χ0v) is 17.3. The van der Waals surface area contributed by atoms with E-state index in [2.05, 4.69) is 20.2 Å². The fraction of sp³-hybridized carbons (Fsp3) is 0.261.